The van der Waals surface area contributed by atoms with Crippen LogP contribution in [-0.4, -0.2) is 8.97 Å². The van der Waals surface area contributed by atoms with E-state index in [1.54, 1.807) is 0 Å². The van der Waals surface area contributed by atoms with Gasteiger partial charge >= 0.3 is 0 Å². The van der Waals surface area contributed by atoms with Crippen LogP contribution in [0.2, 0.25) is 0 Å². The van der Waals surface area contributed by atoms with Crippen LogP contribution >= 0.6 is 0 Å². The number of furan rings is 2. The molecule has 46 heavy (non-hydrogen) atoms. The van der Waals surface area contributed by atoms with Crippen molar-refractivity contribution in [2.24, 2.45) is 0 Å². The maximum atomic E-state index is 6.67. The summed E-state index contributed by atoms with van der Waals surface area (Å²) in [5.41, 5.74) is 10.7. The molecule has 0 radical (unpaired) electrons. The Hall–Kier alpha value is -6.26. The number of hydrogen-bond donors (Lipinski definition) is 0. The Labute approximate surface area is 260 Å². The van der Waals surface area contributed by atoms with E-state index in [1.807, 2.05) is 6.07 Å². The van der Waals surface area contributed by atoms with Crippen LogP contribution in [0.3, 0.4) is 0 Å². The summed E-state index contributed by atoms with van der Waals surface area (Å²) in [5.74, 6) is 0. The van der Waals surface area contributed by atoms with E-state index in [0.29, 0.717) is 0 Å². The minimum Gasteiger partial charge on any atom is -0.456 e. The topological polar surface area (TPSA) is 35.6 Å². The number of nitrogens with zero attached hydrogens (tertiary/aromatic N) is 2. The Morgan fingerprint density at radius 1 is 0.370 bits per heavy atom. The molecule has 0 saturated heterocycles. The third kappa shape index (κ3) is 2.57. The Bertz CT molecular complexity index is 3240. The minimum atomic E-state index is 0.892. The number of para-hydroxylation sites is 4. The van der Waals surface area contributed by atoms with Crippen molar-refractivity contribution in [3.63, 3.8) is 0 Å². The summed E-state index contributed by atoms with van der Waals surface area (Å²) in [5, 5.41) is 11.8. The molecule has 0 aliphatic rings. The van der Waals surface area contributed by atoms with Crippen molar-refractivity contribution >= 4 is 104 Å². The lowest BCUT2D eigenvalue weighted by Crippen LogP contribution is -1.93. The van der Waals surface area contributed by atoms with Crippen molar-refractivity contribution in [3.8, 4) is 5.69 Å². The minimum absolute atomic E-state index is 0.892. The second-order valence-electron chi connectivity index (χ2n) is 12.4. The van der Waals surface area contributed by atoms with E-state index in [0.717, 1.165) is 65.9 Å². The van der Waals surface area contributed by atoms with E-state index in [9.17, 15) is 0 Å². The fraction of sp³-hybridized carbons (Fsp3) is 0. The lowest BCUT2D eigenvalue weighted by Gasteiger charge is -2.09. The Balaban J connectivity index is 1.43. The van der Waals surface area contributed by atoms with E-state index in [-0.39, 0.29) is 0 Å². The summed E-state index contributed by atoms with van der Waals surface area (Å²) >= 11 is 0. The molecule has 0 unspecified atom stereocenters. The van der Waals surface area contributed by atoms with Gasteiger partial charge < -0.3 is 17.8 Å². The molecule has 0 aliphatic carbocycles. The number of aromatic nitrogens is 2. The molecule has 4 nitrogen and oxygen atoms in total. The smallest absolute Gasteiger partial charge is 0.145 e. The van der Waals surface area contributed by atoms with Gasteiger partial charge in [0.1, 0.15) is 22.3 Å². The van der Waals surface area contributed by atoms with Crippen LogP contribution in [0.5, 0.6) is 0 Å². The van der Waals surface area contributed by atoms with Gasteiger partial charge in [0.25, 0.3) is 0 Å². The fourth-order valence-electron chi connectivity index (χ4n) is 8.46. The monoisotopic (exact) mass is 586 g/mol. The van der Waals surface area contributed by atoms with Gasteiger partial charge in [0, 0.05) is 54.2 Å². The quantitative estimate of drug-likeness (QED) is 0.192. The van der Waals surface area contributed by atoms with Gasteiger partial charge in [-0.1, -0.05) is 78.9 Å². The van der Waals surface area contributed by atoms with Crippen LogP contribution < -0.4 is 0 Å². The van der Waals surface area contributed by atoms with E-state index in [4.69, 9.17) is 8.83 Å². The van der Waals surface area contributed by atoms with Crippen molar-refractivity contribution in [1.82, 2.24) is 8.97 Å². The van der Waals surface area contributed by atoms with Crippen LogP contribution in [0, 0.1) is 0 Å². The second kappa shape index (κ2) is 7.87. The summed E-state index contributed by atoms with van der Waals surface area (Å²) in [6.07, 6.45) is 0. The highest BCUT2D eigenvalue weighted by atomic mass is 16.3. The molecule has 12 rings (SSSR count). The van der Waals surface area contributed by atoms with Gasteiger partial charge in [-0.3, -0.25) is 0 Å². The Kier molecular flexibility index (Phi) is 3.96. The number of hydrogen-bond acceptors (Lipinski definition) is 2. The number of rotatable bonds is 1. The molecular formula is C42H22N2O2. The highest BCUT2D eigenvalue weighted by molar-refractivity contribution is 6.40. The first kappa shape index (κ1) is 23.2. The van der Waals surface area contributed by atoms with Gasteiger partial charge in [0.2, 0.25) is 0 Å². The molecule has 0 atom stereocenters. The third-order valence-electron chi connectivity index (χ3n) is 10.2. The van der Waals surface area contributed by atoms with E-state index in [1.165, 1.54) is 43.6 Å². The summed E-state index contributed by atoms with van der Waals surface area (Å²) in [6.45, 7) is 0. The van der Waals surface area contributed by atoms with Crippen LogP contribution in [-0.2, 0) is 0 Å². The van der Waals surface area contributed by atoms with Crippen molar-refractivity contribution in [2.45, 2.75) is 0 Å². The van der Waals surface area contributed by atoms with Gasteiger partial charge in [-0.2, -0.15) is 0 Å². The largest absolute Gasteiger partial charge is 0.456 e. The van der Waals surface area contributed by atoms with E-state index in [2.05, 4.69) is 136 Å². The van der Waals surface area contributed by atoms with Gasteiger partial charge in [-0.05, 0) is 54.6 Å². The summed E-state index contributed by atoms with van der Waals surface area (Å²) in [7, 11) is 0. The maximum absolute atomic E-state index is 6.67. The first-order valence-electron chi connectivity index (χ1n) is 15.7. The van der Waals surface area contributed by atoms with Crippen molar-refractivity contribution in [3.05, 3.63) is 133 Å². The first-order valence-corrected chi connectivity index (χ1v) is 15.7. The zero-order valence-electron chi connectivity index (χ0n) is 24.4. The average Bonchev–Trinajstić information content (AvgIpc) is 3.89. The molecule has 7 aromatic carbocycles. The highest BCUT2D eigenvalue weighted by Crippen LogP contribution is 2.50. The zero-order chi connectivity index (χ0) is 29.7. The van der Waals surface area contributed by atoms with Gasteiger partial charge in [0.15, 0.2) is 0 Å². The van der Waals surface area contributed by atoms with Crippen LogP contribution in [0.15, 0.2) is 142 Å². The normalized spacial score (nSPS) is 12.8. The van der Waals surface area contributed by atoms with E-state index >= 15 is 0 Å². The maximum Gasteiger partial charge on any atom is 0.145 e. The third-order valence-corrected chi connectivity index (χ3v) is 10.2. The SMILES string of the molecule is c1ccc(-n2c3ccccc3c3ccc4c(c5c6c(cc7c8c9oc%10ccccc%10c9ccc8n4c75)oc4ccccc46)c32)cc1. The van der Waals surface area contributed by atoms with Crippen molar-refractivity contribution in [1.29, 1.82) is 0 Å². The molecule has 5 heterocycles. The standard InChI is InChI=1S/C42H22N2O2/c1-2-10-23(11-3-1)43-30-15-7-4-12-24(30)26-18-20-32-38(40(26)43)39-37-28-14-6-9-17-34(28)45-35(37)22-29-36-31(44(32)41(29)39)21-19-27-25-13-5-8-16-33(25)46-42(27)36/h1-22H. The predicted molar refractivity (Wildman–Crippen MR) is 190 cm³/mol. The van der Waals surface area contributed by atoms with Gasteiger partial charge in [0.05, 0.1) is 33.0 Å². The van der Waals surface area contributed by atoms with Gasteiger partial charge in [-0.25, -0.2) is 0 Å². The average molecular weight is 587 g/mol. The van der Waals surface area contributed by atoms with Crippen molar-refractivity contribution < 1.29 is 8.83 Å². The van der Waals surface area contributed by atoms with Crippen LogP contribution in [0.25, 0.3) is 109 Å². The Morgan fingerprint density at radius 3 is 1.89 bits per heavy atom. The molecule has 0 spiro atoms. The number of benzene rings is 7. The predicted octanol–water partition coefficient (Wildman–Crippen LogP) is 11.7. The molecular weight excluding hydrogens is 564 g/mol. The lowest BCUT2D eigenvalue weighted by atomic mass is 10.00. The fourth-order valence-corrected chi connectivity index (χ4v) is 8.46. The zero-order valence-corrected chi connectivity index (χ0v) is 24.4. The summed E-state index contributed by atoms with van der Waals surface area (Å²) < 4.78 is 18.2. The molecule has 0 N–H and O–H groups in total. The summed E-state index contributed by atoms with van der Waals surface area (Å²) in [6, 6.07) is 47.6. The highest BCUT2D eigenvalue weighted by Gasteiger charge is 2.28. The molecule has 0 saturated carbocycles. The second-order valence-corrected chi connectivity index (χ2v) is 12.4. The Morgan fingerprint density at radius 2 is 1.04 bits per heavy atom. The molecule has 0 aliphatic heterocycles. The number of fused-ring (bicyclic) bond motifs is 18. The van der Waals surface area contributed by atoms with Crippen LogP contribution in [0.1, 0.15) is 0 Å². The molecule has 0 bridgehead atoms. The molecule has 12 aromatic rings. The molecule has 5 aromatic heterocycles. The van der Waals surface area contributed by atoms with E-state index < -0.39 is 0 Å². The molecule has 4 heteroatoms. The molecule has 212 valence electrons. The lowest BCUT2D eigenvalue weighted by molar-refractivity contribution is 0.669. The van der Waals surface area contributed by atoms with Gasteiger partial charge in [-0.15, -0.1) is 0 Å². The van der Waals surface area contributed by atoms with Crippen LogP contribution in [0.4, 0.5) is 0 Å². The molecule has 0 amide bonds. The first-order chi connectivity index (χ1) is 22.8. The molecule has 0 fully saturated rings. The summed E-state index contributed by atoms with van der Waals surface area (Å²) in [4.78, 5) is 0. The van der Waals surface area contributed by atoms with Crippen molar-refractivity contribution in [2.75, 3.05) is 0 Å².